The predicted octanol–water partition coefficient (Wildman–Crippen LogP) is 2.18. The minimum atomic E-state index is 0.351. The van der Waals surface area contributed by atoms with Crippen molar-refractivity contribution in [1.82, 2.24) is 0 Å². The summed E-state index contributed by atoms with van der Waals surface area (Å²) in [6, 6.07) is 0. The van der Waals surface area contributed by atoms with Crippen molar-refractivity contribution < 1.29 is 4.79 Å². The van der Waals surface area contributed by atoms with Gasteiger partial charge in [0.1, 0.15) is 0 Å². The summed E-state index contributed by atoms with van der Waals surface area (Å²) in [5.41, 5.74) is 0. The number of hydrogen-bond donors (Lipinski definition) is 0. The van der Waals surface area contributed by atoms with Crippen molar-refractivity contribution in [2.45, 2.75) is 26.2 Å². The van der Waals surface area contributed by atoms with E-state index < -0.39 is 0 Å². The molecule has 1 saturated carbocycles. The highest BCUT2D eigenvalue weighted by molar-refractivity contribution is 5.94. The highest BCUT2D eigenvalue weighted by Crippen LogP contribution is 2.39. The second-order valence-electron chi connectivity index (χ2n) is 3.86. The molecule has 0 saturated heterocycles. The zero-order valence-electron chi connectivity index (χ0n) is 6.92. The zero-order valence-corrected chi connectivity index (χ0v) is 6.92. The topological polar surface area (TPSA) is 17.1 Å². The normalized spacial score (nSPS) is 42.6. The Morgan fingerprint density at radius 1 is 1.45 bits per heavy atom. The largest absolute Gasteiger partial charge is 0.295 e. The van der Waals surface area contributed by atoms with E-state index in [0.717, 1.165) is 0 Å². The molecule has 0 heterocycles. The van der Waals surface area contributed by atoms with Crippen LogP contribution in [0.15, 0.2) is 12.2 Å². The number of carbonyl (C=O) groups is 1. The molecular formula is C10H14O. The van der Waals surface area contributed by atoms with E-state index in [1.807, 2.05) is 0 Å². The van der Waals surface area contributed by atoms with Crippen LogP contribution in [0, 0.1) is 17.8 Å². The molecule has 0 amide bonds. The van der Waals surface area contributed by atoms with E-state index in [1.54, 1.807) is 6.08 Å². The average Bonchev–Trinajstić information content (AvgIpc) is 2.34. The van der Waals surface area contributed by atoms with Crippen LogP contribution in [-0.4, -0.2) is 5.78 Å². The first-order chi connectivity index (χ1) is 5.29. The van der Waals surface area contributed by atoms with Crippen LogP contribution in [0.5, 0.6) is 0 Å². The van der Waals surface area contributed by atoms with E-state index in [4.69, 9.17) is 0 Å². The first-order valence-electron chi connectivity index (χ1n) is 4.51. The van der Waals surface area contributed by atoms with Gasteiger partial charge in [-0.25, -0.2) is 0 Å². The molecule has 2 rings (SSSR count). The molecule has 3 atom stereocenters. The molecule has 3 unspecified atom stereocenters. The van der Waals surface area contributed by atoms with Gasteiger partial charge >= 0.3 is 0 Å². The third-order valence-corrected chi connectivity index (χ3v) is 3.11. The maximum atomic E-state index is 11.3. The fraction of sp³-hybridized carbons (Fsp3) is 0.700. The van der Waals surface area contributed by atoms with Gasteiger partial charge in [-0.2, -0.15) is 0 Å². The van der Waals surface area contributed by atoms with Crippen molar-refractivity contribution >= 4 is 5.78 Å². The van der Waals surface area contributed by atoms with Gasteiger partial charge in [0.05, 0.1) is 0 Å². The Morgan fingerprint density at radius 3 is 3.00 bits per heavy atom. The smallest absolute Gasteiger partial charge is 0.159 e. The van der Waals surface area contributed by atoms with Crippen molar-refractivity contribution in [2.75, 3.05) is 0 Å². The van der Waals surface area contributed by atoms with Crippen molar-refractivity contribution in [2.24, 2.45) is 17.8 Å². The molecule has 0 aromatic rings. The molecule has 2 aliphatic carbocycles. The fourth-order valence-corrected chi connectivity index (χ4v) is 2.49. The quantitative estimate of drug-likeness (QED) is 0.517. The van der Waals surface area contributed by atoms with Gasteiger partial charge in [-0.15, -0.1) is 0 Å². The standard InChI is InChI=1S/C10H14O/c1-7-3-2-4-8-5-6-9(11)10(7)8/h5-8,10H,2-4H2,1H3. The van der Waals surface area contributed by atoms with Gasteiger partial charge in [0.15, 0.2) is 5.78 Å². The van der Waals surface area contributed by atoms with Gasteiger partial charge in [0.25, 0.3) is 0 Å². The molecule has 1 fully saturated rings. The lowest BCUT2D eigenvalue weighted by Gasteiger charge is -2.29. The first-order valence-corrected chi connectivity index (χ1v) is 4.51. The second-order valence-corrected chi connectivity index (χ2v) is 3.86. The van der Waals surface area contributed by atoms with Crippen molar-refractivity contribution in [3.8, 4) is 0 Å². The Hall–Kier alpha value is -0.590. The van der Waals surface area contributed by atoms with Crippen molar-refractivity contribution in [3.63, 3.8) is 0 Å². The fourth-order valence-electron chi connectivity index (χ4n) is 2.49. The van der Waals surface area contributed by atoms with Crippen molar-refractivity contribution in [3.05, 3.63) is 12.2 Å². The van der Waals surface area contributed by atoms with Crippen LogP contribution in [0.4, 0.5) is 0 Å². The third-order valence-electron chi connectivity index (χ3n) is 3.11. The van der Waals surface area contributed by atoms with Crippen molar-refractivity contribution in [1.29, 1.82) is 0 Å². The number of allylic oxidation sites excluding steroid dienone is 2. The lowest BCUT2D eigenvalue weighted by atomic mass is 9.74. The molecule has 2 aliphatic rings. The first kappa shape index (κ1) is 7.08. The van der Waals surface area contributed by atoms with Gasteiger partial charge in [0.2, 0.25) is 0 Å². The van der Waals surface area contributed by atoms with E-state index in [-0.39, 0.29) is 0 Å². The molecule has 0 aromatic carbocycles. The molecule has 0 radical (unpaired) electrons. The summed E-state index contributed by atoms with van der Waals surface area (Å²) in [5.74, 6) is 1.94. The van der Waals surface area contributed by atoms with E-state index in [2.05, 4.69) is 13.0 Å². The summed E-state index contributed by atoms with van der Waals surface area (Å²) in [5, 5.41) is 0. The van der Waals surface area contributed by atoms with Gasteiger partial charge in [0, 0.05) is 5.92 Å². The van der Waals surface area contributed by atoms with Crippen LogP contribution in [0.3, 0.4) is 0 Å². The van der Waals surface area contributed by atoms with Crippen LogP contribution >= 0.6 is 0 Å². The van der Waals surface area contributed by atoms with Crippen LogP contribution in [0.1, 0.15) is 26.2 Å². The summed E-state index contributed by atoms with van der Waals surface area (Å²) in [6.07, 6.45) is 7.69. The summed E-state index contributed by atoms with van der Waals surface area (Å²) in [6.45, 7) is 2.21. The minimum absolute atomic E-state index is 0.351. The Labute approximate surface area is 67.5 Å². The van der Waals surface area contributed by atoms with E-state index >= 15 is 0 Å². The summed E-state index contributed by atoms with van der Waals surface area (Å²) in [4.78, 5) is 11.3. The van der Waals surface area contributed by atoms with Gasteiger partial charge in [-0.1, -0.05) is 19.4 Å². The zero-order chi connectivity index (χ0) is 7.84. The Kier molecular flexibility index (Phi) is 1.59. The number of ketones is 1. The van der Waals surface area contributed by atoms with Crippen LogP contribution < -0.4 is 0 Å². The molecule has 1 nitrogen and oxygen atoms in total. The number of fused-ring (bicyclic) bond motifs is 1. The third kappa shape index (κ3) is 1.03. The summed E-state index contributed by atoms with van der Waals surface area (Å²) in [7, 11) is 0. The van der Waals surface area contributed by atoms with E-state index in [0.29, 0.717) is 23.5 Å². The van der Waals surface area contributed by atoms with Crippen LogP contribution in [-0.2, 0) is 4.79 Å². The molecule has 0 bridgehead atoms. The highest BCUT2D eigenvalue weighted by Gasteiger charge is 2.36. The Morgan fingerprint density at radius 2 is 2.27 bits per heavy atom. The lowest BCUT2D eigenvalue weighted by molar-refractivity contribution is -0.120. The summed E-state index contributed by atoms with van der Waals surface area (Å²) < 4.78 is 0. The molecule has 0 aromatic heterocycles. The number of carbonyl (C=O) groups excluding carboxylic acids is 1. The van der Waals surface area contributed by atoms with E-state index in [1.165, 1.54) is 19.3 Å². The van der Waals surface area contributed by atoms with Gasteiger partial charge in [-0.3, -0.25) is 4.79 Å². The molecule has 0 aliphatic heterocycles. The Bertz CT molecular complexity index is 205. The summed E-state index contributed by atoms with van der Waals surface area (Å²) >= 11 is 0. The van der Waals surface area contributed by atoms with Gasteiger partial charge in [-0.05, 0) is 30.8 Å². The molecule has 11 heavy (non-hydrogen) atoms. The Balaban J connectivity index is 2.19. The number of hydrogen-bond acceptors (Lipinski definition) is 1. The maximum Gasteiger partial charge on any atom is 0.159 e. The molecule has 0 spiro atoms. The maximum absolute atomic E-state index is 11.3. The molecule has 60 valence electrons. The molecule has 1 heteroatoms. The van der Waals surface area contributed by atoms with Gasteiger partial charge < -0.3 is 0 Å². The monoisotopic (exact) mass is 150 g/mol. The molecule has 0 N–H and O–H groups in total. The SMILES string of the molecule is CC1CCCC2C=CC(=O)C12. The highest BCUT2D eigenvalue weighted by atomic mass is 16.1. The van der Waals surface area contributed by atoms with Crippen LogP contribution in [0.25, 0.3) is 0 Å². The van der Waals surface area contributed by atoms with E-state index in [9.17, 15) is 4.79 Å². The van der Waals surface area contributed by atoms with Crippen LogP contribution in [0.2, 0.25) is 0 Å². The second kappa shape index (κ2) is 2.47. The average molecular weight is 150 g/mol. The number of rotatable bonds is 0. The molecular weight excluding hydrogens is 136 g/mol. The minimum Gasteiger partial charge on any atom is -0.295 e. The lowest BCUT2D eigenvalue weighted by Crippen LogP contribution is -2.27. The predicted molar refractivity (Wildman–Crippen MR) is 44.1 cm³/mol.